The molecule has 0 bridgehead atoms. The van der Waals surface area contributed by atoms with Crippen LogP contribution in [0.5, 0.6) is 5.75 Å². The summed E-state index contributed by atoms with van der Waals surface area (Å²) in [7, 11) is 0. The summed E-state index contributed by atoms with van der Waals surface area (Å²) in [5, 5.41) is 12.6. The van der Waals surface area contributed by atoms with E-state index in [-0.39, 0.29) is 11.7 Å². The largest absolute Gasteiger partial charge is 0.507 e. The normalized spacial score (nSPS) is 15.8. The third-order valence-corrected chi connectivity index (χ3v) is 4.94. The van der Waals surface area contributed by atoms with Gasteiger partial charge < -0.3 is 10.4 Å². The monoisotopic (exact) mass is 338 g/mol. The summed E-state index contributed by atoms with van der Waals surface area (Å²) in [6, 6.07) is 17.3. The number of phenols is 1. The summed E-state index contributed by atoms with van der Waals surface area (Å²) < 4.78 is 0. The van der Waals surface area contributed by atoms with Crippen molar-refractivity contribution in [3.8, 4) is 5.75 Å². The summed E-state index contributed by atoms with van der Waals surface area (Å²) in [5.41, 5.74) is 1.72. The van der Waals surface area contributed by atoms with E-state index in [0.29, 0.717) is 18.0 Å². The minimum absolute atomic E-state index is 0.0363. The molecule has 1 fully saturated rings. The second-order valence-electron chi connectivity index (χ2n) is 6.77. The molecule has 0 atom stereocenters. The Kier molecular flexibility index (Phi) is 6.07. The number of carbonyl (C=O) groups excluding carboxylic acids is 1. The van der Waals surface area contributed by atoms with Gasteiger partial charge in [0.15, 0.2) is 0 Å². The van der Waals surface area contributed by atoms with Gasteiger partial charge in [-0.2, -0.15) is 0 Å². The maximum Gasteiger partial charge on any atom is 0.255 e. The Labute approximate surface area is 149 Å². The molecule has 0 spiro atoms. The van der Waals surface area contributed by atoms with Gasteiger partial charge in [0.1, 0.15) is 5.75 Å². The van der Waals surface area contributed by atoms with E-state index < -0.39 is 0 Å². The number of likely N-dealkylation sites (tertiary alicyclic amines) is 1. The minimum atomic E-state index is -0.195. The van der Waals surface area contributed by atoms with E-state index in [0.717, 1.165) is 26.1 Å². The molecule has 3 rings (SSSR count). The molecule has 4 heteroatoms. The molecule has 2 aromatic rings. The molecule has 25 heavy (non-hydrogen) atoms. The van der Waals surface area contributed by atoms with Crippen LogP contribution >= 0.6 is 0 Å². The standard InChI is InChI=1S/C21H26N2O2/c24-20-9-5-4-8-19(20)21(25)22-13-10-17-11-14-23(15-12-17)16-18-6-2-1-3-7-18/h1-9,17,24H,10-16H2,(H,22,25). The zero-order valence-electron chi connectivity index (χ0n) is 14.5. The Hall–Kier alpha value is -2.33. The molecule has 2 N–H and O–H groups in total. The smallest absolute Gasteiger partial charge is 0.255 e. The molecular formula is C21H26N2O2. The molecular weight excluding hydrogens is 312 g/mol. The first-order valence-corrected chi connectivity index (χ1v) is 9.05. The third kappa shape index (κ3) is 5.07. The molecule has 4 nitrogen and oxygen atoms in total. The lowest BCUT2D eigenvalue weighted by atomic mass is 9.93. The van der Waals surface area contributed by atoms with E-state index >= 15 is 0 Å². The Morgan fingerprint density at radius 1 is 1.04 bits per heavy atom. The van der Waals surface area contributed by atoms with Crippen LogP contribution in [-0.2, 0) is 6.54 Å². The molecule has 1 amide bonds. The van der Waals surface area contributed by atoms with Gasteiger partial charge in [0.2, 0.25) is 0 Å². The number of benzene rings is 2. The number of phenolic OH excluding ortho intramolecular Hbond substituents is 1. The van der Waals surface area contributed by atoms with Crippen molar-refractivity contribution in [1.29, 1.82) is 0 Å². The molecule has 0 unspecified atom stereocenters. The van der Waals surface area contributed by atoms with Crippen molar-refractivity contribution in [3.05, 3.63) is 65.7 Å². The number of hydrogen-bond donors (Lipinski definition) is 2. The van der Waals surface area contributed by atoms with Crippen molar-refractivity contribution < 1.29 is 9.90 Å². The van der Waals surface area contributed by atoms with Crippen LogP contribution in [0.4, 0.5) is 0 Å². The van der Waals surface area contributed by atoms with Crippen LogP contribution in [0.2, 0.25) is 0 Å². The Bertz CT molecular complexity index is 679. The van der Waals surface area contributed by atoms with E-state index in [9.17, 15) is 9.90 Å². The average Bonchev–Trinajstić information content (AvgIpc) is 2.64. The zero-order chi connectivity index (χ0) is 17.5. The highest BCUT2D eigenvalue weighted by atomic mass is 16.3. The van der Waals surface area contributed by atoms with Gasteiger partial charge >= 0.3 is 0 Å². The molecule has 1 heterocycles. The van der Waals surface area contributed by atoms with Crippen LogP contribution in [0.3, 0.4) is 0 Å². The Morgan fingerprint density at radius 3 is 2.44 bits per heavy atom. The number of rotatable bonds is 6. The first-order valence-electron chi connectivity index (χ1n) is 9.05. The van der Waals surface area contributed by atoms with Crippen LogP contribution in [0.25, 0.3) is 0 Å². The van der Waals surface area contributed by atoms with Crippen LogP contribution in [-0.4, -0.2) is 35.5 Å². The highest BCUT2D eigenvalue weighted by Gasteiger charge is 2.19. The summed E-state index contributed by atoms with van der Waals surface area (Å²) >= 11 is 0. The predicted molar refractivity (Wildman–Crippen MR) is 99.5 cm³/mol. The minimum Gasteiger partial charge on any atom is -0.507 e. The summed E-state index contributed by atoms with van der Waals surface area (Å²) in [4.78, 5) is 14.6. The topological polar surface area (TPSA) is 52.6 Å². The van der Waals surface area contributed by atoms with Crippen LogP contribution in [0.1, 0.15) is 35.2 Å². The third-order valence-electron chi connectivity index (χ3n) is 4.94. The first kappa shape index (κ1) is 17.5. The van der Waals surface area contributed by atoms with Crippen molar-refractivity contribution in [2.45, 2.75) is 25.8 Å². The molecule has 1 saturated heterocycles. The van der Waals surface area contributed by atoms with Gasteiger partial charge in [0.05, 0.1) is 5.56 Å². The average molecular weight is 338 g/mol. The summed E-state index contributed by atoms with van der Waals surface area (Å²) in [6.07, 6.45) is 3.36. The fourth-order valence-electron chi connectivity index (χ4n) is 3.43. The SMILES string of the molecule is O=C(NCCC1CCN(Cc2ccccc2)CC1)c1ccccc1O. The number of para-hydroxylation sites is 1. The van der Waals surface area contributed by atoms with Crippen LogP contribution < -0.4 is 5.32 Å². The Morgan fingerprint density at radius 2 is 1.72 bits per heavy atom. The van der Waals surface area contributed by atoms with Gasteiger partial charge in [-0.05, 0) is 56.0 Å². The van der Waals surface area contributed by atoms with Gasteiger partial charge in [-0.3, -0.25) is 9.69 Å². The number of piperidine rings is 1. The number of carbonyl (C=O) groups is 1. The summed E-state index contributed by atoms with van der Waals surface area (Å²) in [5.74, 6) is 0.505. The molecule has 132 valence electrons. The highest BCUT2D eigenvalue weighted by molar-refractivity contribution is 5.96. The lowest BCUT2D eigenvalue weighted by Crippen LogP contribution is -2.34. The second kappa shape index (κ2) is 8.67. The number of hydrogen-bond acceptors (Lipinski definition) is 3. The molecule has 2 aromatic carbocycles. The molecule has 0 aliphatic carbocycles. The fraction of sp³-hybridized carbons (Fsp3) is 0.381. The predicted octanol–water partition coefficient (Wildman–Crippen LogP) is 3.42. The van der Waals surface area contributed by atoms with E-state index in [1.807, 2.05) is 0 Å². The molecule has 1 aliphatic rings. The van der Waals surface area contributed by atoms with E-state index in [2.05, 4.69) is 40.5 Å². The number of amides is 1. The Balaban J connectivity index is 1.37. The van der Waals surface area contributed by atoms with E-state index in [4.69, 9.17) is 0 Å². The number of aromatic hydroxyl groups is 1. The van der Waals surface area contributed by atoms with E-state index in [1.165, 1.54) is 24.5 Å². The lowest BCUT2D eigenvalue weighted by Gasteiger charge is -2.32. The maximum atomic E-state index is 12.1. The number of nitrogens with zero attached hydrogens (tertiary/aromatic N) is 1. The molecule has 0 radical (unpaired) electrons. The number of nitrogens with one attached hydrogen (secondary N) is 1. The molecule has 0 saturated carbocycles. The second-order valence-corrected chi connectivity index (χ2v) is 6.77. The maximum absolute atomic E-state index is 12.1. The van der Waals surface area contributed by atoms with Gasteiger partial charge in [-0.1, -0.05) is 42.5 Å². The van der Waals surface area contributed by atoms with Gasteiger partial charge in [0, 0.05) is 13.1 Å². The van der Waals surface area contributed by atoms with Crippen molar-refractivity contribution in [3.63, 3.8) is 0 Å². The van der Waals surface area contributed by atoms with Crippen molar-refractivity contribution >= 4 is 5.91 Å². The lowest BCUT2D eigenvalue weighted by molar-refractivity contribution is 0.0945. The molecule has 0 aromatic heterocycles. The summed E-state index contributed by atoms with van der Waals surface area (Å²) in [6.45, 7) is 3.92. The van der Waals surface area contributed by atoms with E-state index in [1.54, 1.807) is 18.2 Å². The zero-order valence-corrected chi connectivity index (χ0v) is 14.5. The van der Waals surface area contributed by atoms with Crippen molar-refractivity contribution in [2.75, 3.05) is 19.6 Å². The fourth-order valence-corrected chi connectivity index (χ4v) is 3.43. The van der Waals surface area contributed by atoms with Crippen molar-refractivity contribution in [2.24, 2.45) is 5.92 Å². The van der Waals surface area contributed by atoms with Gasteiger partial charge in [-0.15, -0.1) is 0 Å². The van der Waals surface area contributed by atoms with Crippen LogP contribution in [0, 0.1) is 5.92 Å². The highest BCUT2D eigenvalue weighted by Crippen LogP contribution is 2.21. The van der Waals surface area contributed by atoms with Crippen molar-refractivity contribution in [1.82, 2.24) is 10.2 Å². The molecule has 1 aliphatic heterocycles. The van der Waals surface area contributed by atoms with Gasteiger partial charge in [-0.25, -0.2) is 0 Å². The van der Waals surface area contributed by atoms with Gasteiger partial charge in [0.25, 0.3) is 5.91 Å². The first-order chi connectivity index (χ1) is 12.2. The quantitative estimate of drug-likeness (QED) is 0.848. The van der Waals surface area contributed by atoms with Crippen LogP contribution in [0.15, 0.2) is 54.6 Å².